The Bertz CT molecular complexity index is 4440. The predicted molar refractivity (Wildman–Crippen MR) is 505 cm³/mol. The molecule has 1 aliphatic heterocycles. The number of aliphatic hydroxyl groups is 2. The number of carbonyl (C=O) groups is 18. The molecule has 137 heavy (non-hydrogen) atoms. The molecular weight excluding hydrogens is 1830 g/mol. The van der Waals surface area contributed by atoms with E-state index in [1.54, 1.807) is 27.7 Å². The fourth-order valence-corrected chi connectivity index (χ4v) is 14.4. The van der Waals surface area contributed by atoms with Gasteiger partial charge in [-0.25, -0.2) is 4.79 Å². The van der Waals surface area contributed by atoms with Gasteiger partial charge in [0.1, 0.15) is 102 Å². The molecule has 2 aromatic rings. The van der Waals surface area contributed by atoms with E-state index < -0.39 is 269 Å². The Balaban J connectivity index is 1.94. The molecular formula is C84H140N28O23S2. The minimum absolute atomic E-state index is 0.0383. The smallest absolute Gasteiger partial charge is 0.326 e. The van der Waals surface area contributed by atoms with Gasteiger partial charge >= 0.3 is 5.97 Å². The van der Waals surface area contributed by atoms with E-state index in [1.165, 1.54) is 62.4 Å². The highest BCUT2D eigenvalue weighted by Crippen LogP contribution is 2.24. The number of guanidine groups is 2. The van der Waals surface area contributed by atoms with Crippen molar-refractivity contribution >= 4 is 144 Å². The first-order chi connectivity index (χ1) is 64.3. The second-order valence-electron chi connectivity index (χ2n) is 34.1. The van der Waals surface area contributed by atoms with E-state index in [-0.39, 0.29) is 139 Å². The molecule has 0 aliphatic carbocycles. The van der Waals surface area contributed by atoms with Gasteiger partial charge in [-0.2, -0.15) is 25.3 Å². The molecule has 0 unspecified atom stereocenters. The van der Waals surface area contributed by atoms with Crippen LogP contribution in [0.25, 0.3) is 0 Å². The van der Waals surface area contributed by atoms with E-state index >= 15 is 0 Å². The van der Waals surface area contributed by atoms with Crippen molar-refractivity contribution < 1.29 is 112 Å². The number of primary amides is 2. The summed E-state index contributed by atoms with van der Waals surface area (Å²) >= 11 is 8.85. The number of amides is 17. The van der Waals surface area contributed by atoms with Crippen LogP contribution in [0.5, 0.6) is 11.5 Å². The van der Waals surface area contributed by atoms with Gasteiger partial charge in [0.05, 0.1) is 31.1 Å². The highest BCUT2D eigenvalue weighted by Gasteiger charge is 2.46. The third kappa shape index (κ3) is 41.5. The highest BCUT2D eigenvalue weighted by molar-refractivity contribution is 7.81. The predicted octanol–water partition coefficient (Wildman–Crippen LogP) is -10.8. The average molecular weight is 1970 g/mol. The molecule has 41 N–H and O–H groups in total. The molecule has 2 aromatic carbocycles. The van der Waals surface area contributed by atoms with E-state index in [0.29, 0.717) is 12.0 Å². The van der Waals surface area contributed by atoms with Crippen LogP contribution in [0, 0.1) is 22.7 Å². The average Bonchev–Trinajstić information content (AvgIpc) is 1.22. The molecule has 1 fully saturated rings. The fourth-order valence-electron chi connectivity index (χ4n) is 14.0. The van der Waals surface area contributed by atoms with Crippen LogP contribution in [0.4, 0.5) is 0 Å². The fraction of sp³-hybridized carbons (Fsp3) is 0.619. The van der Waals surface area contributed by atoms with Gasteiger partial charge < -0.3 is 167 Å². The maximum Gasteiger partial charge on any atom is 0.326 e. The number of hydrogen-bond acceptors (Lipinski definition) is 31. The van der Waals surface area contributed by atoms with Gasteiger partial charge in [0, 0.05) is 49.4 Å². The first kappa shape index (κ1) is 119. The minimum atomic E-state index is -2.03. The summed E-state index contributed by atoms with van der Waals surface area (Å²) in [5, 5.41) is 106. The first-order valence-corrected chi connectivity index (χ1v) is 45.8. The summed E-state index contributed by atoms with van der Waals surface area (Å²) in [6.45, 7) is 9.25. The number of carboxylic acids is 1. The van der Waals surface area contributed by atoms with E-state index in [9.17, 15) is 112 Å². The van der Waals surface area contributed by atoms with E-state index in [0.717, 1.165) is 11.8 Å². The van der Waals surface area contributed by atoms with Crippen LogP contribution in [-0.4, -0.2) is 314 Å². The molecule has 0 bridgehead atoms. The Labute approximate surface area is 803 Å². The SMILES string of the molecule is CC[C@H](C)[C@H](NC(=O)[C@@H]1C[C@@H](O)CN1C(=O)[C@@H](N)C(C)C)C(=O)N[C@@H](CC(N)=O)C(=O)N[C@@H](Cc1ccc(O)cc1)C(=O)N[C@H](C(=O)N[C@@H](CC(N)=O)C(=O)N[C@@H](CCCNC(=N)N)C(=O)N[C@@H](CCN)C(=O)N[C@H](C(=O)N[C@H](CCN)C(=O)N[C@@H](CCCCN)C(=O)N[C@@H](CS)C(=O)N[C@@H](CCN)C(=O)N[C@@H](CCCNC(=N)N)C(=O)N[C@@H](Cc1ccc(O)cc1)C(=O)O)[C@@H](C)O)C(C)(C)S. The van der Waals surface area contributed by atoms with Crippen molar-refractivity contribution in [2.45, 2.75) is 265 Å². The second-order valence-corrected chi connectivity index (χ2v) is 35.6. The number of phenolic OH excluding ortho intramolecular Hbond substituents is 2. The monoisotopic (exact) mass is 1970 g/mol. The summed E-state index contributed by atoms with van der Waals surface area (Å²) in [7, 11) is 0. The Morgan fingerprint density at radius 2 is 0.796 bits per heavy atom. The van der Waals surface area contributed by atoms with Gasteiger partial charge in [-0.15, -0.1) is 0 Å². The van der Waals surface area contributed by atoms with Crippen molar-refractivity contribution in [1.29, 1.82) is 10.8 Å². The number of β-amino-alcohol motifs (C(OH)–C–C–N with tert-alkyl or cyclic N) is 1. The molecule has 3 rings (SSSR count). The number of aliphatic hydroxyl groups excluding tert-OH is 2. The third-order valence-corrected chi connectivity index (χ3v) is 22.6. The van der Waals surface area contributed by atoms with Gasteiger partial charge in [-0.1, -0.05) is 58.4 Å². The number of unbranched alkanes of at least 4 members (excludes halogenated alkanes) is 1. The summed E-state index contributed by atoms with van der Waals surface area (Å²) in [6, 6.07) is -15.4. The Morgan fingerprint density at radius 3 is 1.17 bits per heavy atom. The van der Waals surface area contributed by atoms with Crippen molar-refractivity contribution in [3.63, 3.8) is 0 Å². The number of phenols is 2. The van der Waals surface area contributed by atoms with E-state index in [1.807, 2.05) is 0 Å². The second kappa shape index (κ2) is 59.5. The summed E-state index contributed by atoms with van der Waals surface area (Å²) in [5.74, 6) is -22.6. The van der Waals surface area contributed by atoms with Crippen molar-refractivity contribution in [1.82, 2.24) is 90.0 Å². The topological polar surface area (TPSA) is 886 Å². The van der Waals surface area contributed by atoms with Crippen LogP contribution in [-0.2, 0) is 99.1 Å². The first-order valence-electron chi connectivity index (χ1n) is 44.7. The summed E-state index contributed by atoms with van der Waals surface area (Å²) in [4.78, 5) is 254. The number of nitrogens with zero attached hydrogens (tertiary/aromatic N) is 1. The molecule has 0 spiro atoms. The number of likely N-dealkylation sites (tertiary alicyclic amines) is 1. The number of carbonyl (C=O) groups excluding carboxylic acids is 17. The Kier molecular flexibility index (Phi) is 51.5. The molecule has 1 aliphatic rings. The molecule has 0 radical (unpaired) electrons. The van der Waals surface area contributed by atoms with Crippen LogP contribution in [0.3, 0.4) is 0 Å². The van der Waals surface area contributed by atoms with Crippen molar-refractivity contribution in [3.8, 4) is 11.5 Å². The molecule has 0 aromatic heterocycles. The lowest BCUT2D eigenvalue weighted by Crippen LogP contribution is -2.64. The van der Waals surface area contributed by atoms with Crippen molar-refractivity contribution in [3.05, 3.63) is 59.7 Å². The van der Waals surface area contributed by atoms with Crippen LogP contribution in [0.15, 0.2) is 48.5 Å². The number of aliphatic carboxylic acids is 1. The summed E-state index contributed by atoms with van der Waals surface area (Å²) < 4.78 is -1.67. The van der Waals surface area contributed by atoms with Crippen LogP contribution in [0.1, 0.15) is 149 Å². The maximum atomic E-state index is 14.9. The van der Waals surface area contributed by atoms with Crippen molar-refractivity contribution in [2.75, 3.05) is 51.6 Å². The minimum Gasteiger partial charge on any atom is -0.508 e. The summed E-state index contributed by atoms with van der Waals surface area (Å²) in [6.07, 6.45) is -6.81. The zero-order valence-corrected chi connectivity index (χ0v) is 79.5. The molecule has 766 valence electrons. The number of thiol groups is 2. The normalized spacial score (nSPS) is 16.7. The highest BCUT2D eigenvalue weighted by atomic mass is 32.1. The van der Waals surface area contributed by atoms with Gasteiger partial charge in [-0.3, -0.25) is 92.3 Å². The molecule has 17 amide bonds. The largest absolute Gasteiger partial charge is 0.508 e. The van der Waals surface area contributed by atoms with Gasteiger partial charge in [0.15, 0.2) is 11.9 Å². The number of rotatable bonds is 62. The van der Waals surface area contributed by atoms with E-state index in [4.69, 9.17) is 62.4 Å². The standard InChI is InChI=1S/C84H140N28O23S2/c1-8-41(4)63(109-76(129)59-35-47(116)38-112(59)80(133)62(91)40(2)3)77(130)105-55(36-60(89)117)73(126)104-54(33-43-16-20-45(114)21-17-43)74(127)111-65(84(6,7)137)79(132)106-56(37-61(90)118)72(125)100-49(14-11-31-96-82(92)93)66(119)101-53(26-30-88)71(124)110-64(42(5)113)78(131)103-52(25-29-87)70(123)98-48(13-9-10-27-85)68(121)108-58(39-136)75(128)102-51(24-28-86)69(122)99-50(15-12-32-97-83(94)95)67(120)107-57(81(134)135)34-44-18-22-46(115)23-19-44/h16-23,40-42,47-59,62-65,113-116,136-137H,8-15,24-39,85-88,91H2,1-7H3,(H2,89,117)(H2,90,118)(H,98,123)(H,99,122)(H,100,125)(H,101,119)(H,102,128)(H,103,131)(H,104,126)(H,105,130)(H,106,132)(H,107,120)(H,108,121)(H,109,129)(H,110,124)(H,111,127)(H,134,135)(H4,92,93,96)(H4,94,95,97)/t41-,42+,47+,48-,49-,50-,51-,52+,53-,54-,55-,56-,57-,58-,59-,62-,63-,64-,65+/m0/s1. The molecule has 53 heteroatoms. The third-order valence-electron chi connectivity index (χ3n) is 22.0. The maximum absolute atomic E-state index is 14.9. The van der Waals surface area contributed by atoms with Crippen molar-refractivity contribution in [2.24, 2.45) is 63.4 Å². The number of nitrogens with one attached hydrogen (secondary N) is 18. The number of aromatic hydroxyl groups is 2. The molecule has 1 heterocycles. The number of carboxylic acid groups (broad SMARTS) is 1. The van der Waals surface area contributed by atoms with Gasteiger partial charge in [0.25, 0.3) is 0 Å². The lowest BCUT2D eigenvalue weighted by Gasteiger charge is -2.33. The summed E-state index contributed by atoms with van der Waals surface area (Å²) in [5.41, 5.74) is 52.6. The van der Waals surface area contributed by atoms with Crippen LogP contribution >= 0.6 is 25.3 Å². The number of nitrogens with two attached hydrogens (primary N) is 9. The molecule has 51 nitrogen and oxygen atoms in total. The molecule has 1 saturated heterocycles. The zero-order chi connectivity index (χ0) is 103. The van der Waals surface area contributed by atoms with Gasteiger partial charge in [-0.05, 0) is 158 Å². The lowest BCUT2D eigenvalue weighted by molar-refractivity contribution is -0.142. The van der Waals surface area contributed by atoms with Crippen LogP contribution < -0.4 is 137 Å². The lowest BCUT2D eigenvalue weighted by atomic mass is 9.96. The number of hydrogen-bond donors (Lipinski definition) is 34. The zero-order valence-electron chi connectivity index (χ0n) is 77.8. The van der Waals surface area contributed by atoms with E-state index in [2.05, 4.69) is 110 Å². The Hall–Kier alpha value is -12.5. The quantitative estimate of drug-likeness (QED) is 0.0127. The molecule has 19 atom stereocenters. The molecule has 0 saturated carbocycles. The Morgan fingerprint density at radius 1 is 0.453 bits per heavy atom. The van der Waals surface area contributed by atoms with Gasteiger partial charge in [0.2, 0.25) is 100 Å². The van der Waals surface area contributed by atoms with Crippen LogP contribution in [0.2, 0.25) is 0 Å². The number of benzene rings is 2.